The highest BCUT2D eigenvalue weighted by atomic mass is 32.2. The summed E-state index contributed by atoms with van der Waals surface area (Å²) in [5.74, 6) is 0.581. The van der Waals surface area contributed by atoms with E-state index in [1.54, 1.807) is 6.07 Å². The van der Waals surface area contributed by atoms with E-state index in [1.165, 1.54) is 25.5 Å². The van der Waals surface area contributed by atoms with E-state index < -0.39 is 10.0 Å². The molecule has 0 saturated heterocycles. The van der Waals surface area contributed by atoms with Crippen molar-refractivity contribution in [3.05, 3.63) is 54.6 Å². The van der Waals surface area contributed by atoms with E-state index in [1.807, 2.05) is 31.2 Å². The highest BCUT2D eigenvalue weighted by Gasteiger charge is 2.22. The third-order valence-electron chi connectivity index (χ3n) is 4.43. The van der Waals surface area contributed by atoms with Crippen molar-refractivity contribution < 1.29 is 13.2 Å². The lowest BCUT2D eigenvalue weighted by atomic mass is 10.3. The van der Waals surface area contributed by atoms with Gasteiger partial charge in [0.05, 0.1) is 17.6 Å². The number of fused-ring (bicyclic) bond motifs is 1. The summed E-state index contributed by atoms with van der Waals surface area (Å²) < 4.78 is 28.0. The molecule has 2 heterocycles. The molecule has 3 aromatic rings. The van der Waals surface area contributed by atoms with E-state index in [0.29, 0.717) is 13.0 Å². The third-order valence-corrected chi connectivity index (χ3v) is 6.22. The maximum Gasteiger partial charge on any atom is 0.244 e. The first kappa shape index (κ1) is 20.0. The number of carbonyl (C=O) groups excluding carboxylic acids is 1. The van der Waals surface area contributed by atoms with Crippen molar-refractivity contribution in [1.29, 1.82) is 0 Å². The Morgan fingerprint density at radius 2 is 2.00 bits per heavy atom. The van der Waals surface area contributed by atoms with Crippen LogP contribution in [0.25, 0.3) is 11.0 Å². The van der Waals surface area contributed by atoms with Gasteiger partial charge in [-0.3, -0.25) is 9.78 Å². The molecule has 1 N–H and O–H groups in total. The van der Waals surface area contributed by atoms with Crippen molar-refractivity contribution in [2.75, 3.05) is 20.1 Å². The molecule has 1 aromatic carbocycles. The van der Waals surface area contributed by atoms with Gasteiger partial charge in [-0.15, -0.1) is 0 Å². The van der Waals surface area contributed by atoms with Gasteiger partial charge in [0.25, 0.3) is 0 Å². The summed E-state index contributed by atoms with van der Waals surface area (Å²) in [5.41, 5.74) is 2.01. The van der Waals surface area contributed by atoms with Crippen LogP contribution in [0.2, 0.25) is 0 Å². The van der Waals surface area contributed by atoms with Crippen LogP contribution in [0.1, 0.15) is 12.2 Å². The molecular weight excluding hydrogens is 378 g/mol. The number of nitrogens with one attached hydrogen (secondary N) is 1. The lowest BCUT2D eigenvalue weighted by molar-refractivity contribution is -0.121. The summed E-state index contributed by atoms with van der Waals surface area (Å²) in [4.78, 5) is 20.5. The molecule has 0 atom stereocenters. The zero-order chi connectivity index (χ0) is 20.1. The number of hydrogen-bond donors (Lipinski definition) is 1. The zero-order valence-electron chi connectivity index (χ0n) is 15.9. The first-order valence-corrected chi connectivity index (χ1v) is 10.4. The SMILES string of the molecule is Cc1nc2ccccc2n1CCCNC(=O)CN(C)S(=O)(=O)c1cccnc1. The number of sulfonamides is 1. The Bertz CT molecular complexity index is 1060. The van der Waals surface area contributed by atoms with Crippen LogP contribution in [-0.4, -0.2) is 53.3 Å². The first-order chi connectivity index (χ1) is 13.4. The van der Waals surface area contributed by atoms with E-state index in [0.717, 1.165) is 27.7 Å². The largest absolute Gasteiger partial charge is 0.355 e. The topological polar surface area (TPSA) is 97.2 Å². The average Bonchev–Trinajstić information content (AvgIpc) is 3.01. The Labute approximate surface area is 164 Å². The minimum absolute atomic E-state index is 0.0627. The Balaban J connectivity index is 1.50. The number of benzene rings is 1. The standard InChI is InChI=1S/C19H23N5O3S/c1-15-22-17-8-3-4-9-18(17)24(15)12-6-11-21-19(25)14-23(2)28(26,27)16-7-5-10-20-13-16/h3-5,7-10,13H,6,11-12,14H2,1-2H3,(H,21,25). The number of likely N-dealkylation sites (N-methyl/N-ethyl adjacent to an activating group) is 1. The van der Waals surface area contributed by atoms with Crippen LogP contribution in [0.15, 0.2) is 53.7 Å². The van der Waals surface area contributed by atoms with Gasteiger partial charge in [0.1, 0.15) is 10.7 Å². The van der Waals surface area contributed by atoms with Gasteiger partial charge in [-0.1, -0.05) is 12.1 Å². The first-order valence-electron chi connectivity index (χ1n) is 8.94. The van der Waals surface area contributed by atoms with Gasteiger partial charge in [-0.25, -0.2) is 13.4 Å². The van der Waals surface area contributed by atoms with Crippen molar-refractivity contribution in [2.24, 2.45) is 0 Å². The molecule has 0 saturated carbocycles. The Hall–Kier alpha value is -2.78. The van der Waals surface area contributed by atoms with Gasteiger partial charge >= 0.3 is 0 Å². The molecule has 0 spiro atoms. The van der Waals surface area contributed by atoms with E-state index in [-0.39, 0.29) is 17.3 Å². The number of rotatable bonds is 8. The van der Waals surface area contributed by atoms with E-state index in [2.05, 4.69) is 19.9 Å². The van der Waals surface area contributed by atoms with Crippen LogP contribution < -0.4 is 5.32 Å². The van der Waals surface area contributed by atoms with Crippen LogP contribution in [-0.2, 0) is 21.4 Å². The summed E-state index contributed by atoms with van der Waals surface area (Å²) in [7, 11) is -2.35. The molecule has 148 valence electrons. The number of amides is 1. The fourth-order valence-corrected chi connectivity index (χ4v) is 4.06. The van der Waals surface area contributed by atoms with Gasteiger partial charge in [0.2, 0.25) is 15.9 Å². The average molecular weight is 401 g/mol. The molecule has 0 aliphatic rings. The second kappa shape index (κ2) is 8.49. The summed E-state index contributed by atoms with van der Waals surface area (Å²) in [5, 5.41) is 2.77. The van der Waals surface area contributed by atoms with Gasteiger partial charge in [0.15, 0.2) is 0 Å². The zero-order valence-corrected chi connectivity index (χ0v) is 16.7. The van der Waals surface area contributed by atoms with Crippen LogP contribution in [0, 0.1) is 6.92 Å². The maximum atomic E-state index is 12.4. The molecule has 0 radical (unpaired) electrons. The second-order valence-electron chi connectivity index (χ2n) is 6.45. The predicted molar refractivity (Wildman–Crippen MR) is 106 cm³/mol. The molecule has 0 bridgehead atoms. The van der Waals surface area contributed by atoms with Gasteiger partial charge in [-0.2, -0.15) is 4.31 Å². The summed E-state index contributed by atoms with van der Waals surface area (Å²) in [6.45, 7) is 2.88. The van der Waals surface area contributed by atoms with Gasteiger partial charge < -0.3 is 9.88 Å². The third kappa shape index (κ3) is 4.37. The van der Waals surface area contributed by atoms with Crippen molar-refractivity contribution in [3.8, 4) is 0 Å². The van der Waals surface area contributed by atoms with Crippen molar-refractivity contribution in [1.82, 2.24) is 24.2 Å². The molecule has 9 heteroatoms. The summed E-state index contributed by atoms with van der Waals surface area (Å²) >= 11 is 0. The fourth-order valence-electron chi connectivity index (χ4n) is 2.97. The Morgan fingerprint density at radius 1 is 1.21 bits per heavy atom. The normalized spacial score (nSPS) is 11.8. The minimum Gasteiger partial charge on any atom is -0.355 e. The Kier molecular flexibility index (Phi) is 6.05. The van der Waals surface area contributed by atoms with Crippen molar-refractivity contribution in [2.45, 2.75) is 24.8 Å². The molecule has 0 unspecified atom stereocenters. The molecule has 0 aliphatic heterocycles. The van der Waals surface area contributed by atoms with Crippen LogP contribution >= 0.6 is 0 Å². The number of pyridine rings is 1. The number of carbonyl (C=O) groups is 1. The number of hydrogen-bond acceptors (Lipinski definition) is 5. The number of para-hydroxylation sites is 2. The fraction of sp³-hybridized carbons (Fsp3) is 0.316. The number of aromatic nitrogens is 3. The van der Waals surface area contributed by atoms with E-state index in [9.17, 15) is 13.2 Å². The lowest BCUT2D eigenvalue weighted by Gasteiger charge is -2.16. The number of aryl methyl sites for hydroxylation is 2. The molecule has 2 aromatic heterocycles. The van der Waals surface area contributed by atoms with Gasteiger partial charge in [0, 0.05) is 32.5 Å². The van der Waals surface area contributed by atoms with Crippen LogP contribution in [0.4, 0.5) is 0 Å². The van der Waals surface area contributed by atoms with Crippen molar-refractivity contribution in [3.63, 3.8) is 0 Å². The van der Waals surface area contributed by atoms with E-state index >= 15 is 0 Å². The second-order valence-corrected chi connectivity index (χ2v) is 8.50. The molecule has 0 aliphatic carbocycles. The number of imidazole rings is 1. The molecule has 1 amide bonds. The summed E-state index contributed by atoms with van der Waals surface area (Å²) in [6, 6.07) is 10.9. The molecule has 0 fully saturated rings. The predicted octanol–water partition coefficient (Wildman–Crippen LogP) is 1.57. The maximum absolute atomic E-state index is 12.4. The van der Waals surface area contributed by atoms with Crippen LogP contribution in [0.5, 0.6) is 0 Å². The Morgan fingerprint density at radius 3 is 2.75 bits per heavy atom. The quantitative estimate of drug-likeness (QED) is 0.578. The number of nitrogens with zero attached hydrogens (tertiary/aromatic N) is 4. The summed E-state index contributed by atoms with van der Waals surface area (Å²) in [6.07, 6.45) is 3.48. The molecule has 28 heavy (non-hydrogen) atoms. The molecule has 3 rings (SSSR count). The smallest absolute Gasteiger partial charge is 0.244 e. The van der Waals surface area contributed by atoms with Crippen molar-refractivity contribution >= 4 is 27.0 Å². The van der Waals surface area contributed by atoms with Crippen LogP contribution in [0.3, 0.4) is 0 Å². The minimum atomic E-state index is -3.73. The molecular formula is C19H23N5O3S. The van der Waals surface area contributed by atoms with Gasteiger partial charge in [-0.05, 0) is 37.6 Å². The highest BCUT2D eigenvalue weighted by Crippen LogP contribution is 2.15. The monoisotopic (exact) mass is 401 g/mol. The molecule has 8 nitrogen and oxygen atoms in total. The van der Waals surface area contributed by atoms with E-state index in [4.69, 9.17) is 0 Å². The lowest BCUT2D eigenvalue weighted by Crippen LogP contribution is -2.38. The highest BCUT2D eigenvalue weighted by molar-refractivity contribution is 7.89.